The third-order valence-electron chi connectivity index (χ3n) is 4.82. The molecule has 1 aromatic carbocycles. The number of carbonyl (C=O) groups excluding carboxylic acids is 1. The smallest absolute Gasteiger partial charge is 0.273 e. The molecule has 1 saturated carbocycles. The van der Waals surface area contributed by atoms with Gasteiger partial charge in [0.05, 0.1) is 0 Å². The highest BCUT2D eigenvalue weighted by Gasteiger charge is 2.29. The average molecular weight is 298 g/mol. The van der Waals surface area contributed by atoms with Crippen molar-refractivity contribution in [3.05, 3.63) is 42.1 Å². The molecule has 4 nitrogen and oxygen atoms in total. The molecule has 1 N–H and O–H groups in total. The minimum atomic E-state index is -0.142. The standard InChI is InChI=1S/C18H22N2O2/c1-12-7-6-10-15(13(12)2)19-18(21)16-11-17(22-20-16)14-8-4-3-5-9-14/h3-5,8-9,11-13,15H,6-7,10H2,1-2H3,(H,19,21). The van der Waals surface area contributed by atoms with Crippen LogP contribution in [0.25, 0.3) is 11.3 Å². The topological polar surface area (TPSA) is 55.1 Å². The van der Waals surface area contributed by atoms with Crippen LogP contribution in [0.1, 0.15) is 43.6 Å². The third kappa shape index (κ3) is 3.06. The van der Waals surface area contributed by atoms with E-state index in [1.165, 1.54) is 12.8 Å². The molecule has 22 heavy (non-hydrogen) atoms. The Morgan fingerprint density at radius 1 is 1.23 bits per heavy atom. The van der Waals surface area contributed by atoms with E-state index in [4.69, 9.17) is 4.52 Å². The van der Waals surface area contributed by atoms with Gasteiger partial charge in [0.2, 0.25) is 0 Å². The first-order valence-electron chi connectivity index (χ1n) is 7.98. The second-order valence-corrected chi connectivity index (χ2v) is 6.29. The molecule has 0 bridgehead atoms. The van der Waals surface area contributed by atoms with Gasteiger partial charge < -0.3 is 9.84 Å². The minimum absolute atomic E-state index is 0.142. The van der Waals surface area contributed by atoms with Crippen LogP contribution in [0.2, 0.25) is 0 Å². The fourth-order valence-electron chi connectivity index (χ4n) is 3.15. The highest BCUT2D eigenvalue weighted by Crippen LogP contribution is 2.29. The van der Waals surface area contributed by atoms with Crippen LogP contribution in [-0.2, 0) is 0 Å². The summed E-state index contributed by atoms with van der Waals surface area (Å²) >= 11 is 0. The number of carbonyl (C=O) groups is 1. The van der Waals surface area contributed by atoms with E-state index in [1.807, 2.05) is 30.3 Å². The lowest BCUT2D eigenvalue weighted by molar-refractivity contribution is 0.0882. The van der Waals surface area contributed by atoms with E-state index in [0.29, 0.717) is 23.3 Å². The lowest BCUT2D eigenvalue weighted by Gasteiger charge is -2.34. The molecule has 3 atom stereocenters. The van der Waals surface area contributed by atoms with Gasteiger partial charge in [-0.3, -0.25) is 4.79 Å². The number of rotatable bonds is 3. The van der Waals surface area contributed by atoms with Crippen molar-refractivity contribution in [3.8, 4) is 11.3 Å². The van der Waals surface area contributed by atoms with Crippen LogP contribution in [0.15, 0.2) is 40.9 Å². The highest BCUT2D eigenvalue weighted by molar-refractivity contribution is 5.93. The summed E-state index contributed by atoms with van der Waals surface area (Å²) in [6.45, 7) is 4.47. The lowest BCUT2D eigenvalue weighted by atomic mass is 9.78. The Balaban J connectivity index is 1.69. The molecule has 1 aromatic heterocycles. The molecule has 0 saturated heterocycles. The van der Waals surface area contributed by atoms with Crippen molar-refractivity contribution < 1.29 is 9.32 Å². The zero-order valence-corrected chi connectivity index (χ0v) is 13.1. The number of hydrogen-bond donors (Lipinski definition) is 1. The monoisotopic (exact) mass is 298 g/mol. The van der Waals surface area contributed by atoms with Crippen molar-refractivity contribution in [1.29, 1.82) is 0 Å². The van der Waals surface area contributed by atoms with Crippen LogP contribution in [0, 0.1) is 11.8 Å². The summed E-state index contributed by atoms with van der Waals surface area (Å²) in [5, 5.41) is 7.03. The van der Waals surface area contributed by atoms with Gasteiger partial charge in [0.1, 0.15) is 0 Å². The predicted molar refractivity (Wildman–Crippen MR) is 85.4 cm³/mol. The molecule has 1 aliphatic carbocycles. The van der Waals surface area contributed by atoms with E-state index in [9.17, 15) is 4.79 Å². The molecule has 1 amide bonds. The Labute approximate surface area is 130 Å². The van der Waals surface area contributed by atoms with Crippen LogP contribution >= 0.6 is 0 Å². The van der Waals surface area contributed by atoms with Crippen molar-refractivity contribution in [2.45, 2.75) is 39.2 Å². The van der Waals surface area contributed by atoms with Crippen molar-refractivity contribution in [1.82, 2.24) is 10.5 Å². The van der Waals surface area contributed by atoms with Gasteiger partial charge in [-0.25, -0.2) is 0 Å². The first-order valence-corrected chi connectivity index (χ1v) is 7.98. The Kier molecular flexibility index (Phi) is 4.27. The van der Waals surface area contributed by atoms with Gasteiger partial charge in [0.15, 0.2) is 11.5 Å². The highest BCUT2D eigenvalue weighted by atomic mass is 16.5. The van der Waals surface area contributed by atoms with Crippen LogP contribution in [0.4, 0.5) is 0 Å². The number of aromatic nitrogens is 1. The molecule has 3 rings (SSSR count). The second-order valence-electron chi connectivity index (χ2n) is 6.29. The van der Waals surface area contributed by atoms with Gasteiger partial charge in [-0.15, -0.1) is 0 Å². The Bertz CT molecular complexity index is 636. The van der Waals surface area contributed by atoms with Crippen molar-refractivity contribution >= 4 is 5.91 Å². The molecule has 0 spiro atoms. The quantitative estimate of drug-likeness (QED) is 0.935. The van der Waals surface area contributed by atoms with Gasteiger partial charge in [-0.1, -0.05) is 62.2 Å². The Hall–Kier alpha value is -2.10. The van der Waals surface area contributed by atoms with E-state index < -0.39 is 0 Å². The number of benzene rings is 1. The van der Waals surface area contributed by atoms with Crippen LogP contribution in [0.5, 0.6) is 0 Å². The fourth-order valence-corrected chi connectivity index (χ4v) is 3.15. The second kappa shape index (κ2) is 6.34. The van der Waals surface area contributed by atoms with E-state index in [-0.39, 0.29) is 11.9 Å². The van der Waals surface area contributed by atoms with Crippen LogP contribution in [0.3, 0.4) is 0 Å². The van der Waals surface area contributed by atoms with Gasteiger partial charge in [0, 0.05) is 17.7 Å². The summed E-state index contributed by atoms with van der Waals surface area (Å²) < 4.78 is 5.30. The summed E-state index contributed by atoms with van der Waals surface area (Å²) in [4.78, 5) is 12.4. The lowest BCUT2D eigenvalue weighted by Crippen LogP contribution is -2.43. The molecule has 3 unspecified atom stereocenters. The van der Waals surface area contributed by atoms with E-state index >= 15 is 0 Å². The minimum Gasteiger partial charge on any atom is -0.355 e. The number of amides is 1. The van der Waals surface area contributed by atoms with E-state index in [1.54, 1.807) is 6.07 Å². The summed E-state index contributed by atoms with van der Waals surface area (Å²) in [6, 6.07) is 11.6. The fraction of sp³-hybridized carbons (Fsp3) is 0.444. The molecule has 1 aliphatic rings. The summed E-state index contributed by atoms with van der Waals surface area (Å²) in [7, 11) is 0. The first-order chi connectivity index (χ1) is 10.6. The van der Waals surface area contributed by atoms with E-state index in [0.717, 1.165) is 12.0 Å². The zero-order valence-electron chi connectivity index (χ0n) is 13.1. The average Bonchev–Trinajstić information content (AvgIpc) is 3.03. The molecule has 1 heterocycles. The third-order valence-corrected chi connectivity index (χ3v) is 4.82. The number of nitrogens with zero attached hydrogens (tertiary/aromatic N) is 1. The first kappa shape index (κ1) is 14.8. The molecular formula is C18H22N2O2. The summed E-state index contributed by atoms with van der Waals surface area (Å²) in [5.41, 5.74) is 1.28. The van der Waals surface area contributed by atoms with E-state index in [2.05, 4.69) is 24.3 Å². The van der Waals surface area contributed by atoms with Gasteiger partial charge in [0.25, 0.3) is 5.91 Å². The molecular weight excluding hydrogens is 276 g/mol. The molecule has 116 valence electrons. The van der Waals surface area contributed by atoms with Gasteiger partial charge in [-0.05, 0) is 18.3 Å². The van der Waals surface area contributed by atoms with Gasteiger partial charge >= 0.3 is 0 Å². The maximum Gasteiger partial charge on any atom is 0.273 e. The van der Waals surface area contributed by atoms with Crippen LogP contribution < -0.4 is 5.32 Å². The molecule has 1 fully saturated rings. The molecule has 0 aliphatic heterocycles. The number of hydrogen-bond acceptors (Lipinski definition) is 3. The van der Waals surface area contributed by atoms with Crippen LogP contribution in [-0.4, -0.2) is 17.1 Å². The normalized spacial score (nSPS) is 24.9. The van der Waals surface area contributed by atoms with Gasteiger partial charge in [-0.2, -0.15) is 0 Å². The Morgan fingerprint density at radius 3 is 2.77 bits per heavy atom. The summed E-state index contributed by atoms with van der Waals surface area (Å²) in [5.74, 6) is 1.63. The number of nitrogens with one attached hydrogen (secondary N) is 1. The molecule has 2 aromatic rings. The van der Waals surface area contributed by atoms with Crippen molar-refractivity contribution in [3.63, 3.8) is 0 Å². The van der Waals surface area contributed by atoms with Crippen molar-refractivity contribution in [2.75, 3.05) is 0 Å². The Morgan fingerprint density at radius 2 is 2.00 bits per heavy atom. The SMILES string of the molecule is CC1CCCC(NC(=O)c2cc(-c3ccccc3)on2)C1C. The predicted octanol–water partition coefficient (Wildman–Crippen LogP) is 3.90. The maximum atomic E-state index is 12.4. The molecule has 0 radical (unpaired) electrons. The summed E-state index contributed by atoms with van der Waals surface area (Å²) in [6.07, 6.45) is 3.46. The van der Waals surface area contributed by atoms with Crippen molar-refractivity contribution in [2.24, 2.45) is 11.8 Å². The largest absolute Gasteiger partial charge is 0.355 e. The molecule has 4 heteroatoms. The zero-order chi connectivity index (χ0) is 15.5. The maximum absolute atomic E-state index is 12.4.